The van der Waals surface area contributed by atoms with Crippen LogP contribution in [0.3, 0.4) is 0 Å². The standard InChI is InChI=1S/C16H24/c1-8-10-16(7)11-13(3)14(4,5)12-15(16,6)9-2/h2,13H,11-12H2,1,3-7H3. The largest absolute Gasteiger partial charge is 0.119 e. The van der Waals surface area contributed by atoms with Crippen molar-refractivity contribution in [3.8, 4) is 24.2 Å². The molecule has 88 valence electrons. The summed E-state index contributed by atoms with van der Waals surface area (Å²) in [5.74, 6) is 10.1. The van der Waals surface area contributed by atoms with Crippen molar-refractivity contribution in [2.75, 3.05) is 0 Å². The zero-order valence-electron chi connectivity index (χ0n) is 11.6. The second kappa shape index (κ2) is 3.85. The fourth-order valence-electron chi connectivity index (χ4n) is 3.07. The van der Waals surface area contributed by atoms with Crippen LogP contribution in [0.5, 0.6) is 0 Å². The first-order valence-corrected chi connectivity index (χ1v) is 6.12. The fraction of sp³-hybridized carbons (Fsp3) is 0.750. The van der Waals surface area contributed by atoms with Crippen LogP contribution in [-0.4, -0.2) is 0 Å². The highest BCUT2D eigenvalue weighted by atomic mass is 14.5. The molecule has 1 fully saturated rings. The van der Waals surface area contributed by atoms with Crippen LogP contribution in [0, 0.1) is 46.3 Å². The van der Waals surface area contributed by atoms with Gasteiger partial charge in [0.1, 0.15) is 0 Å². The zero-order chi connectivity index (χ0) is 12.6. The van der Waals surface area contributed by atoms with Crippen molar-refractivity contribution >= 4 is 0 Å². The minimum Gasteiger partial charge on any atom is -0.119 e. The van der Waals surface area contributed by atoms with Crippen LogP contribution in [0.2, 0.25) is 0 Å². The fourth-order valence-corrected chi connectivity index (χ4v) is 3.07. The molecule has 0 aromatic heterocycles. The maximum absolute atomic E-state index is 5.79. The predicted molar refractivity (Wildman–Crippen MR) is 70.7 cm³/mol. The molecule has 1 aliphatic rings. The van der Waals surface area contributed by atoms with Gasteiger partial charge < -0.3 is 0 Å². The Morgan fingerprint density at radius 3 is 2.12 bits per heavy atom. The predicted octanol–water partition coefficient (Wildman–Crippen LogP) is 4.11. The smallest absolute Gasteiger partial charge is 0.0451 e. The SMILES string of the molecule is C#CC1(C)CC(C)(C)C(C)CC1(C)C#CC. The maximum atomic E-state index is 5.79. The van der Waals surface area contributed by atoms with Crippen molar-refractivity contribution in [3.63, 3.8) is 0 Å². The van der Waals surface area contributed by atoms with Crippen molar-refractivity contribution in [3.05, 3.63) is 0 Å². The van der Waals surface area contributed by atoms with Gasteiger partial charge in [0, 0.05) is 10.8 Å². The molecular weight excluding hydrogens is 192 g/mol. The van der Waals surface area contributed by atoms with E-state index in [2.05, 4.69) is 52.4 Å². The Bertz CT molecular complexity index is 371. The Balaban J connectivity index is 3.22. The summed E-state index contributed by atoms with van der Waals surface area (Å²) in [5.41, 5.74) is 0.174. The number of rotatable bonds is 0. The molecule has 0 nitrogen and oxygen atoms in total. The van der Waals surface area contributed by atoms with E-state index in [0.717, 1.165) is 12.8 Å². The van der Waals surface area contributed by atoms with Gasteiger partial charge in [-0.05, 0) is 44.9 Å². The molecule has 16 heavy (non-hydrogen) atoms. The summed E-state index contributed by atoms with van der Waals surface area (Å²) in [4.78, 5) is 0. The molecule has 0 amide bonds. The Morgan fingerprint density at radius 2 is 1.69 bits per heavy atom. The van der Waals surface area contributed by atoms with E-state index in [-0.39, 0.29) is 10.8 Å². The summed E-state index contributed by atoms with van der Waals surface area (Å²) in [6.07, 6.45) is 7.95. The summed E-state index contributed by atoms with van der Waals surface area (Å²) < 4.78 is 0. The van der Waals surface area contributed by atoms with E-state index in [9.17, 15) is 0 Å². The summed E-state index contributed by atoms with van der Waals surface area (Å²) in [7, 11) is 0. The van der Waals surface area contributed by atoms with Crippen molar-refractivity contribution in [1.29, 1.82) is 0 Å². The molecule has 0 heteroatoms. The van der Waals surface area contributed by atoms with Gasteiger partial charge in [-0.3, -0.25) is 0 Å². The normalized spacial score (nSPS) is 41.7. The lowest BCUT2D eigenvalue weighted by Crippen LogP contribution is -2.48. The third-order valence-electron chi connectivity index (χ3n) is 4.79. The molecule has 1 rings (SSSR count). The Labute approximate surface area is 101 Å². The van der Waals surface area contributed by atoms with Gasteiger partial charge in [0.05, 0.1) is 0 Å². The number of hydrogen-bond acceptors (Lipinski definition) is 0. The van der Waals surface area contributed by atoms with Crippen molar-refractivity contribution in [1.82, 2.24) is 0 Å². The zero-order valence-corrected chi connectivity index (χ0v) is 11.6. The molecule has 0 spiro atoms. The minimum atomic E-state index is -0.105. The third-order valence-corrected chi connectivity index (χ3v) is 4.79. The first kappa shape index (κ1) is 13.2. The van der Waals surface area contributed by atoms with Gasteiger partial charge in [0.25, 0.3) is 0 Å². The first-order valence-electron chi connectivity index (χ1n) is 6.12. The average molecular weight is 216 g/mol. The highest BCUT2D eigenvalue weighted by Gasteiger charge is 2.52. The van der Waals surface area contributed by atoms with Crippen LogP contribution in [0.1, 0.15) is 54.4 Å². The topological polar surface area (TPSA) is 0 Å². The average Bonchev–Trinajstić information content (AvgIpc) is 2.15. The van der Waals surface area contributed by atoms with Gasteiger partial charge in [0.2, 0.25) is 0 Å². The lowest BCUT2D eigenvalue weighted by atomic mass is 9.49. The van der Waals surface area contributed by atoms with Gasteiger partial charge in [-0.15, -0.1) is 12.3 Å². The molecule has 0 heterocycles. The molecule has 0 aromatic carbocycles. The second-order valence-corrected chi connectivity index (χ2v) is 6.45. The molecular formula is C16H24. The second-order valence-electron chi connectivity index (χ2n) is 6.45. The van der Waals surface area contributed by atoms with E-state index < -0.39 is 0 Å². The van der Waals surface area contributed by atoms with E-state index in [1.165, 1.54) is 0 Å². The highest BCUT2D eigenvalue weighted by molar-refractivity contribution is 5.26. The van der Waals surface area contributed by atoms with Gasteiger partial charge >= 0.3 is 0 Å². The minimum absolute atomic E-state index is 0.0363. The molecule has 1 saturated carbocycles. The summed E-state index contributed by atoms with van der Waals surface area (Å²) in [6, 6.07) is 0. The van der Waals surface area contributed by atoms with Gasteiger partial charge in [-0.1, -0.05) is 32.6 Å². The van der Waals surface area contributed by atoms with Crippen LogP contribution >= 0.6 is 0 Å². The summed E-state index contributed by atoms with van der Waals surface area (Å²) in [6.45, 7) is 13.3. The molecule has 3 unspecified atom stereocenters. The molecule has 0 aliphatic heterocycles. The van der Waals surface area contributed by atoms with E-state index in [0.29, 0.717) is 11.3 Å². The van der Waals surface area contributed by atoms with Crippen LogP contribution in [0.4, 0.5) is 0 Å². The van der Waals surface area contributed by atoms with Crippen molar-refractivity contribution in [2.45, 2.75) is 54.4 Å². The quantitative estimate of drug-likeness (QED) is 0.535. The summed E-state index contributed by atoms with van der Waals surface area (Å²) in [5, 5.41) is 0. The molecule has 0 aromatic rings. The van der Waals surface area contributed by atoms with Gasteiger partial charge in [-0.2, -0.15) is 0 Å². The molecule has 1 aliphatic carbocycles. The molecule has 0 saturated heterocycles. The van der Waals surface area contributed by atoms with E-state index in [4.69, 9.17) is 6.42 Å². The number of hydrogen-bond donors (Lipinski definition) is 0. The lowest BCUT2D eigenvalue weighted by Gasteiger charge is -2.53. The molecule has 3 atom stereocenters. The van der Waals surface area contributed by atoms with Crippen molar-refractivity contribution in [2.24, 2.45) is 22.2 Å². The van der Waals surface area contributed by atoms with Crippen LogP contribution < -0.4 is 0 Å². The molecule has 0 radical (unpaired) electrons. The molecule has 0 bridgehead atoms. The van der Waals surface area contributed by atoms with Crippen LogP contribution in [0.15, 0.2) is 0 Å². The third kappa shape index (κ3) is 1.87. The summed E-state index contributed by atoms with van der Waals surface area (Å²) >= 11 is 0. The Hall–Kier alpha value is -0.880. The first-order chi connectivity index (χ1) is 7.21. The Morgan fingerprint density at radius 1 is 1.12 bits per heavy atom. The number of terminal acetylenes is 1. The van der Waals surface area contributed by atoms with E-state index in [1.807, 2.05) is 6.92 Å². The monoisotopic (exact) mass is 216 g/mol. The Kier molecular flexibility index (Phi) is 3.17. The van der Waals surface area contributed by atoms with Crippen LogP contribution in [-0.2, 0) is 0 Å². The van der Waals surface area contributed by atoms with Gasteiger partial charge in [0.15, 0.2) is 0 Å². The van der Waals surface area contributed by atoms with Crippen LogP contribution in [0.25, 0.3) is 0 Å². The molecule has 0 N–H and O–H groups in total. The highest BCUT2D eigenvalue weighted by Crippen LogP contribution is 2.58. The van der Waals surface area contributed by atoms with Crippen molar-refractivity contribution < 1.29 is 0 Å². The van der Waals surface area contributed by atoms with Gasteiger partial charge in [-0.25, -0.2) is 0 Å². The maximum Gasteiger partial charge on any atom is 0.0451 e. The van der Waals surface area contributed by atoms with E-state index >= 15 is 0 Å². The lowest BCUT2D eigenvalue weighted by molar-refractivity contribution is -0.00246. The van der Waals surface area contributed by atoms with E-state index in [1.54, 1.807) is 0 Å².